The molecule has 0 aliphatic heterocycles. The molecular formula is C5H11N5O3. The highest BCUT2D eigenvalue weighted by atomic mass is 16.3. The molecule has 8 nitrogen and oxygen atoms in total. The Bertz CT molecular complexity index is 185. The Hall–Kier alpha value is -1.44. The Labute approximate surface area is 74.1 Å². The van der Waals surface area contributed by atoms with Gasteiger partial charge in [-0.15, -0.1) is 0 Å². The van der Waals surface area contributed by atoms with Gasteiger partial charge in [0.1, 0.15) is 0 Å². The Morgan fingerprint density at radius 2 is 1.69 bits per heavy atom. The third kappa shape index (κ3) is 3.65. The average molecular weight is 189 g/mol. The summed E-state index contributed by atoms with van der Waals surface area (Å²) in [6, 6.07) is 0. The van der Waals surface area contributed by atoms with E-state index < -0.39 is 12.0 Å². The van der Waals surface area contributed by atoms with Crippen molar-refractivity contribution in [3.63, 3.8) is 0 Å². The van der Waals surface area contributed by atoms with Crippen molar-refractivity contribution in [2.75, 3.05) is 26.2 Å². The minimum absolute atomic E-state index is 0.0442. The van der Waals surface area contributed by atoms with Crippen molar-refractivity contribution in [3.05, 3.63) is 9.81 Å². The van der Waals surface area contributed by atoms with Crippen molar-refractivity contribution >= 4 is 0 Å². The lowest BCUT2D eigenvalue weighted by atomic mass is 9.89. The molecule has 0 unspecified atom stereocenters. The molecule has 0 saturated carbocycles. The summed E-state index contributed by atoms with van der Waals surface area (Å²) in [5.41, 5.74) is -1.05. The fraction of sp³-hybridized carbons (Fsp3) is 1.00. The van der Waals surface area contributed by atoms with Crippen molar-refractivity contribution in [1.82, 2.24) is 0 Å². The molecule has 0 fully saturated rings. The van der Waals surface area contributed by atoms with E-state index in [1.54, 1.807) is 0 Å². The molecule has 3 N–H and O–H groups in total. The number of nitroso groups, excluding NO2 is 2. The number of nitrogens with two attached hydrogens (primary N) is 1. The Kier molecular flexibility index (Phi) is 5.44. The molecule has 0 bridgehead atoms. The lowest BCUT2D eigenvalue weighted by molar-refractivity contribution is 0.145. The van der Waals surface area contributed by atoms with Gasteiger partial charge in [-0.2, -0.15) is 14.9 Å². The van der Waals surface area contributed by atoms with E-state index in [0.717, 1.165) is 0 Å². The molecule has 13 heavy (non-hydrogen) atoms. The third-order valence-electron chi connectivity index (χ3n) is 1.62. The standard InChI is InChI=1S/C5H11N5O3/c6-10-7-1-5(4-11,2-8-12)3-9-13/h11H,1-4H2,(H2,6,7). The molecule has 0 aromatic rings. The van der Waals surface area contributed by atoms with Crippen LogP contribution in [0.25, 0.3) is 0 Å². The maximum atomic E-state index is 10.0. The van der Waals surface area contributed by atoms with Crippen LogP contribution in [0, 0.1) is 15.2 Å². The molecule has 0 aromatic heterocycles. The maximum Gasteiger partial charge on any atom is 0.0927 e. The first-order valence-corrected chi connectivity index (χ1v) is 3.50. The number of nitrogens with zero attached hydrogens (tertiary/aromatic N) is 4. The molecule has 74 valence electrons. The van der Waals surface area contributed by atoms with Gasteiger partial charge in [-0.3, -0.25) is 0 Å². The minimum Gasteiger partial charge on any atom is -0.396 e. The topological polar surface area (TPSA) is 130 Å². The van der Waals surface area contributed by atoms with Crippen molar-refractivity contribution in [2.45, 2.75) is 0 Å². The fourth-order valence-corrected chi connectivity index (χ4v) is 0.765. The predicted molar refractivity (Wildman–Crippen MR) is 44.8 cm³/mol. The molecular weight excluding hydrogens is 178 g/mol. The van der Waals surface area contributed by atoms with Crippen LogP contribution in [-0.4, -0.2) is 31.3 Å². The highest BCUT2D eigenvalue weighted by Crippen LogP contribution is 2.18. The molecule has 8 heteroatoms. The van der Waals surface area contributed by atoms with Gasteiger partial charge in [-0.05, 0) is 0 Å². The monoisotopic (exact) mass is 189 g/mol. The summed E-state index contributed by atoms with van der Waals surface area (Å²) in [6.45, 7) is -0.941. The SMILES string of the molecule is NN=NCC(CO)(CN=O)CN=O. The summed E-state index contributed by atoms with van der Waals surface area (Å²) < 4.78 is 0. The molecule has 0 radical (unpaired) electrons. The van der Waals surface area contributed by atoms with Gasteiger partial charge >= 0.3 is 0 Å². The number of hydrogen-bond acceptors (Lipinski definition) is 7. The van der Waals surface area contributed by atoms with Gasteiger partial charge in [0, 0.05) is 0 Å². The number of aliphatic hydroxyl groups is 1. The van der Waals surface area contributed by atoms with Crippen LogP contribution in [-0.2, 0) is 0 Å². The molecule has 0 spiro atoms. The van der Waals surface area contributed by atoms with E-state index in [9.17, 15) is 9.81 Å². The highest BCUT2D eigenvalue weighted by molar-refractivity contribution is 4.84. The summed E-state index contributed by atoms with van der Waals surface area (Å²) in [6.07, 6.45) is 0. The lowest BCUT2D eigenvalue weighted by Crippen LogP contribution is -2.35. The van der Waals surface area contributed by atoms with Gasteiger partial charge in [-0.25, -0.2) is 0 Å². The van der Waals surface area contributed by atoms with E-state index in [0.29, 0.717) is 0 Å². The van der Waals surface area contributed by atoms with Crippen molar-refractivity contribution < 1.29 is 5.11 Å². The number of aliphatic hydroxyl groups excluding tert-OH is 1. The van der Waals surface area contributed by atoms with Crippen LogP contribution in [0.2, 0.25) is 0 Å². The minimum atomic E-state index is -1.05. The molecule has 0 atom stereocenters. The second kappa shape index (κ2) is 6.12. The molecule has 0 aliphatic rings. The summed E-state index contributed by atoms with van der Waals surface area (Å²) in [5, 5.41) is 20.5. The van der Waals surface area contributed by atoms with Gasteiger partial charge < -0.3 is 10.9 Å². The zero-order valence-electron chi connectivity index (χ0n) is 6.96. The van der Waals surface area contributed by atoms with Crippen LogP contribution in [0.15, 0.2) is 20.7 Å². The van der Waals surface area contributed by atoms with Gasteiger partial charge in [0.05, 0.1) is 31.7 Å². The van der Waals surface area contributed by atoms with Gasteiger partial charge in [0.25, 0.3) is 0 Å². The molecule has 0 heterocycles. The fourth-order valence-electron chi connectivity index (χ4n) is 0.765. The predicted octanol–water partition coefficient (Wildman–Crippen LogP) is -0.176. The maximum absolute atomic E-state index is 10.0. The lowest BCUT2D eigenvalue weighted by Gasteiger charge is -2.22. The molecule has 0 aliphatic carbocycles. The normalized spacial score (nSPS) is 11.8. The first-order chi connectivity index (χ1) is 6.24. The second-order valence-corrected chi connectivity index (χ2v) is 2.65. The van der Waals surface area contributed by atoms with Crippen LogP contribution in [0.5, 0.6) is 0 Å². The van der Waals surface area contributed by atoms with Crippen molar-refractivity contribution in [3.8, 4) is 0 Å². The van der Waals surface area contributed by atoms with E-state index in [2.05, 4.69) is 20.7 Å². The molecule has 0 saturated heterocycles. The van der Waals surface area contributed by atoms with Crippen LogP contribution in [0.4, 0.5) is 0 Å². The molecule has 0 rings (SSSR count). The Morgan fingerprint density at radius 3 is 2.00 bits per heavy atom. The Morgan fingerprint density at radius 1 is 1.15 bits per heavy atom. The van der Waals surface area contributed by atoms with Crippen LogP contribution < -0.4 is 5.84 Å². The van der Waals surface area contributed by atoms with E-state index in [1.165, 1.54) is 0 Å². The summed E-state index contributed by atoms with van der Waals surface area (Å²) in [4.78, 5) is 20.0. The molecule has 0 amide bonds. The van der Waals surface area contributed by atoms with E-state index in [4.69, 9.17) is 10.9 Å². The number of hydrogen-bond donors (Lipinski definition) is 2. The van der Waals surface area contributed by atoms with Gasteiger partial charge in [0.2, 0.25) is 0 Å². The summed E-state index contributed by atoms with van der Waals surface area (Å²) >= 11 is 0. The van der Waals surface area contributed by atoms with Gasteiger partial charge in [0.15, 0.2) is 0 Å². The van der Waals surface area contributed by atoms with Crippen molar-refractivity contribution in [2.24, 2.45) is 31.9 Å². The zero-order chi connectivity index (χ0) is 10.2. The van der Waals surface area contributed by atoms with Crippen molar-refractivity contribution in [1.29, 1.82) is 0 Å². The van der Waals surface area contributed by atoms with E-state index in [1.807, 2.05) is 0 Å². The summed E-state index contributed by atoms with van der Waals surface area (Å²) in [5.74, 6) is 4.74. The van der Waals surface area contributed by atoms with Crippen LogP contribution >= 0.6 is 0 Å². The Balaban J connectivity index is 4.40. The van der Waals surface area contributed by atoms with E-state index >= 15 is 0 Å². The largest absolute Gasteiger partial charge is 0.396 e. The summed E-state index contributed by atoms with van der Waals surface area (Å²) in [7, 11) is 0. The van der Waals surface area contributed by atoms with Gasteiger partial charge in [-0.1, -0.05) is 15.6 Å². The average Bonchev–Trinajstić information content (AvgIpc) is 2.15. The van der Waals surface area contributed by atoms with E-state index in [-0.39, 0.29) is 19.6 Å². The first kappa shape index (κ1) is 11.6. The number of rotatable bonds is 7. The first-order valence-electron chi connectivity index (χ1n) is 3.50. The zero-order valence-corrected chi connectivity index (χ0v) is 6.96. The second-order valence-electron chi connectivity index (χ2n) is 2.65. The quantitative estimate of drug-likeness (QED) is 0.249. The smallest absolute Gasteiger partial charge is 0.0927 e. The molecule has 0 aromatic carbocycles. The van der Waals surface area contributed by atoms with Crippen LogP contribution in [0.3, 0.4) is 0 Å². The van der Waals surface area contributed by atoms with Crippen LogP contribution in [0.1, 0.15) is 0 Å². The third-order valence-corrected chi connectivity index (χ3v) is 1.62. The highest BCUT2D eigenvalue weighted by Gasteiger charge is 2.31.